The van der Waals surface area contributed by atoms with E-state index in [0.717, 1.165) is 30.8 Å². The Hall–Kier alpha value is -1.89. The zero-order chi connectivity index (χ0) is 19.6. The second-order valence-electron chi connectivity index (χ2n) is 6.87. The maximum absolute atomic E-state index is 12.6. The van der Waals surface area contributed by atoms with Gasteiger partial charge in [-0.15, -0.1) is 0 Å². The zero-order valence-electron chi connectivity index (χ0n) is 16.5. The van der Waals surface area contributed by atoms with Crippen LogP contribution in [0.1, 0.15) is 26.2 Å². The van der Waals surface area contributed by atoms with Crippen LogP contribution in [0.4, 0.5) is 10.5 Å². The maximum Gasteiger partial charge on any atom is 0.321 e. The van der Waals surface area contributed by atoms with Crippen molar-refractivity contribution in [1.29, 1.82) is 0 Å². The Morgan fingerprint density at radius 1 is 1.33 bits per heavy atom. The van der Waals surface area contributed by atoms with E-state index in [-0.39, 0.29) is 11.9 Å². The van der Waals surface area contributed by atoms with Crippen LogP contribution < -0.4 is 15.4 Å². The third-order valence-corrected chi connectivity index (χ3v) is 5.71. The van der Waals surface area contributed by atoms with Gasteiger partial charge >= 0.3 is 6.03 Å². The van der Waals surface area contributed by atoms with E-state index in [1.165, 1.54) is 0 Å². The molecule has 0 spiro atoms. The standard InChI is InChI=1S/C20H31N3O3S/c1-4-15-14-23(10-8-16(15)12-19(24)21-9-11-27-3)20(25)22-17-6-5-7-18(13-17)26-2/h5-7,13,15-16H,4,8-12,14H2,1-3H3,(H,21,24)(H,22,25). The molecule has 2 rings (SSSR count). The van der Waals surface area contributed by atoms with Crippen molar-refractivity contribution in [3.8, 4) is 5.75 Å². The number of nitrogens with one attached hydrogen (secondary N) is 2. The second kappa shape index (κ2) is 11.1. The van der Waals surface area contributed by atoms with Crippen LogP contribution in [0.15, 0.2) is 24.3 Å². The van der Waals surface area contributed by atoms with Gasteiger partial charge in [-0.1, -0.05) is 19.4 Å². The van der Waals surface area contributed by atoms with Gasteiger partial charge in [0.05, 0.1) is 7.11 Å². The number of likely N-dealkylation sites (tertiary alicyclic amines) is 1. The zero-order valence-corrected chi connectivity index (χ0v) is 17.3. The summed E-state index contributed by atoms with van der Waals surface area (Å²) >= 11 is 1.73. The molecule has 1 aliphatic rings. The summed E-state index contributed by atoms with van der Waals surface area (Å²) < 4.78 is 5.20. The number of anilines is 1. The normalized spacial score (nSPS) is 19.4. The van der Waals surface area contributed by atoms with Crippen molar-refractivity contribution < 1.29 is 14.3 Å². The molecule has 3 amide bonds. The van der Waals surface area contributed by atoms with E-state index in [9.17, 15) is 9.59 Å². The predicted molar refractivity (Wildman–Crippen MR) is 111 cm³/mol. The molecule has 1 fully saturated rings. The molecular weight excluding hydrogens is 362 g/mol. The van der Waals surface area contributed by atoms with Crippen molar-refractivity contribution in [2.24, 2.45) is 11.8 Å². The fraction of sp³-hybridized carbons (Fsp3) is 0.600. The largest absolute Gasteiger partial charge is 0.497 e. The smallest absolute Gasteiger partial charge is 0.321 e. The first-order valence-corrected chi connectivity index (χ1v) is 10.9. The monoisotopic (exact) mass is 393 g/mol. The van der Waals surface area contributed by atoms with E-state index in [2.05, 4.69) is 17.6 Å². The van der Waals surface area contributed by atoms with E-state index >= 15 is 0 Å². The number of nitrogens with zero attached hydrogens (tertiary/aromatic N) is 1. The van der Waals surface area contributed by atoms with Crippen LogP contribution in [0.3, 0.4) is 0 Å². The first-order valence-electron chi connectivity index (χ1n) is 9.53. The van der Waals surface area contributed by atoms with Crippen molar-refractivity contribution in [2.75, 3.05) is 44.1 Å². The lowest BCUT2D eigenvalue weighted by atomic mass is 9.81. The van der Waals surface area contributed by atoms with Gasteiger partial charge in [-0.25, -0.2) is 4.79 Å². The van der Waals surface area contributed by atoms with E-state index < -0.39 is 0 Å². The molecule has 2 atom stereocenters. The average molecular weight is 394 g/mol. The number of amides is 3. The third-order valence-electron chi connectivity index (χ3n) is 5.10. The minimum absolute atomic E-state index is 0.0930. The predicted octanol–water partition coefficient (Wildman–Crippen LogP) is 3.44. The number of methoxy groups -OCH3 is 1. The average Bonchev–Trinajstić information content (AvgIpc) is 2.68. The van der Waals surface area contributed by atoms with Crippen LogP contribution in [0.25, 0.3) is 0 Å². The highest BCUT2D eigenvalue weighted by atomic mass is 32.2. The first kappa shape index (κ1) is 21.4. The number of carbonyl (C=O) groups is 2. The highest BCUT2D eigenvalue weighted by Crippen LogP contribution is 2.29. The Balaban J connectivity index is 1.87. The van der Waals surface area contributed by atoms with Crippen molar-refractivity contribution in [1.82, 2.24) is 10.2 Å². The van der Waals surface area contributed by atoms with Gasteiger partial charge in [0.2, 0.25) is 5.91 Å². The molecule has 2 N–H and O–H groups in total. The Morgan fingerprint density at radius 2 is 2.15 bits per heavy atom. The molecule has 0 aromatic heterocycles. The van der Waals surface area contributed by atoms with Gasteiger partial charge in [-0.05, 0) is 36.6 Å². The van der Waals surface area contributed by atoms with E-state index in [1.807, 2.05) is 29.4 Å². The molecule has 7 heteroatoms. The van der Waals surface area contributed by atoms with Crippen LogP contribution in [0, 0.1) is 11.8 Å². The number of hydrogen-bond acceptors (Lipinski definition) is 4. The topological polar surface area (TPSA) is 70.7 Å². The molecule has 0 aliphatic carbocycles. The summed E-state index contributed by atoms with van der Waals surface area (Å²) in [5, 5.41) is 5.93. The van der Waals surface area contributed by atoms with Crippen LogP contribution in [0.2, 0.25) is 0 Å². The summed E-state index contributed by atoms with van der Waals surface area (Å²) in [5.41, 5.74) is 0.725. The molecule has 150 valence electrons. The first-order chi connectivity index (χ1) is 13.1. The van der Waals surface area contributed by atoms with Gasteiger partial charge in [0.25, 0.3) is 0 Å². The van der Waals surface area contributed by atoms with Gasteiger partial charge in [-0.3, -0.25) is 4.79 Å². The maximum atomic E-state index is 12.6. The third kappa shape index (κ3) is 6.65. The number of rotatable bonds is 8. The summed E-state index contributed by atoms with van der Waals surface area (Å²) in [5.74, 6) is 2.46. The lowest BCUT2D eigenvalue weighted by Crippen LogP contribution is -2.46. The Bertz CT molecular complexity index is 626. The molecule has 1 heterocycles. The molecule has 1 aliphatic heterocycles. The second-order valence-corrected chi connectivity index (χ2v) is 7.86. The van der Waals surface area contributed by atoms with E-state index in [1.54, 1.807) is 24.9 Å². The Labute approximate surface area is 166 Å². The summed E-state index contributed by atoms with van der Waals surface area (Å²) in [6.45, 7) is 4.22. The van der Waals surface area contributed by atoms with Gasteiger partial charge in [-0.2, -0.15) is 11.8 Å². The number of benzene rings is 1. The molecule has 0 bridgehead atoms. The molecule has 0 radical (unpaired) electrons. The molecule has 6 nitrogen and oxygen atoms in total. The molecule has 1 saturated heterocycles. The summed E-state index contributed by atoms with van der Waals surface area (Å²) in [7, 11) is 1.61. The van der Waals surface area contributed by atoms with E-state index in [4.69, 9.17) is 4.74 Å². The SMILES string of the molecule is CCC1CN(C(=O)Nc2cccc(OC)c2)CCC1CC(=O)NCCSC. The van der Waals surface area contributed by atoms with Gasteiger partial charge < -0.3 is 20.3 Å². The molecular formula is C20H31N3O3S. The van der Waals surface area contributed by atoms with Crippen LogP contribution in [-0.4, -0.2) is 55.6 Å². The fourth-order valence-corrected chi connectivity index (χ4v) is 3.81. The number of hydrogen-bond donors (Lipinski definition) is 2. The Kier molecular flexibility index (Phi) is 8.78. The van der Waals surface area contributed by atoms with Gasteiger partial charge in [0, 0.05) is 43.6 Å². The highest BCUT2D eigenvalue weighted by Gasteiger charge is 2.31. The summed E-state index contributed by atoms with van der Waals surface area (Å²) in [6.07, 6.45) is 4.41. The number of carbonyl (C=O) groups excluding carboxylic acids is 2. The Morgan fingerprint density at radius 3 is 2.85 bits per heavy atom. The lowest BCUT2D eigenvalue weighted by molar-refractivity contribution is -0.122. The van der Waals surface area contributed by atoms with Crippen LogP contribution >= 0.6 is 11.8 Å². The highest BCUT2D eigenvalue weighted by molar-refractivity contribution is 7.98. The molecule has 1 aromatic carbocycles. The lowest BCUT2D eigenvalue weighted by Gasteiger charge is -2.38. The molecule has 1 aromatic rings. The number of urea groups is 1. The van der Waals surface area contributed by atoms with Crippen LogP contribution in [0.5, 0.6) is 5.75 Å². The molecule has 2 unspecified atom stereocenters. The number of thioether (sulfide) groups is 1. The van der Waals surface area contributed by atoms with Gasteiger partial charge in [0.15, 0.2) is 0 Å². The minimum Gasteiger partial charge on any atom is -0.497 e. The number of piperidine rings is 1. The van der Waals surface area contributed by atoms with Crippen LogP contribution in [-0.2, 0) is 4.79 Å². The van der Waals surface area contributed by atoms with Gasteiger partial charge in [0.1, 0.15) is 5.75 Å². The van der Waals surface area contributed by atoms with Crippen molar-refractivity contribution in [2.45, 2.75) is 26.2 Å². The quantitative estimate of drug-likeness (QED) is 0.664. The van der Waals surface area contributed by atoms with Crippen molar-refractivity contribution in [3.63, 3.8) is 0 Å². The van der Waals surface area contributed by atoms with Crippen molar-refractivity contribution in [3.05, 3.63) is 24.3 Å². The summed E-state index contributed by atoms with van der Waals surface area (Å²) in [4.78, 5) is 26.6. The summed E-state index contributed by atoms with van der Waals surface area (Å²) in [6, 6.07) is 7.26. The van der Waals surface area contributed by atoms with E-state index in [0.29, 0.717) is 37.1 Å². The number of ether oxygens (including phenoxy) is 1. The molecule has 27 heavy (non-hydrogen) atoms. The fourth-order valence-electron chi connectivity index (χ4n) is 3.50. The minimum atomic E-state index is -0.0930. The van der Waals surface area contributed by atoms with Crippen molar-refractivity contribution >= 4 is 29.4 Å². The molecule has 0 saturated carbocycles.